The van der Waals surface area contributed by atoms with E-state index >= 15 is 0 Å². The van der Waals surface area contributed by atoms with Crippen LogP contribution in [0.1, 0.15) is 6.42 Å². The molecule has 1 aliphatic rings. The maximum Gasteiger partial charge on any atom is 0.224 e. The van der Waals surface area contributed by atoms with Crippen molar-refractivity contribution in [3.8, 4) is 0 Å². The highest BCUT2D eigenvalue weighted by atomic mass is 35.5. The van der Waals surface area contributed by atoms with Crippen molar-refractivity contribution in [2.45, 2.75) is 21.6 Å². The van der Waals surface area contributed by atoms with Gasteiger partial charge >= 0.3 is 0 Å². The van der Waals surface area contributed by atoms with Gasteiger partial charge in [-0.15, -0.1) is 0 Å². The molecular formula is C13H9Cl3F2S. The van der Waals surface area contributed by atoms with Crippen molar-refractivity contribution in [2.75, 3.05) is 0 Å². The van der Waals surface area contributed by atoms with Crippen LogP contribution in [0.2, 0.25) is 5.02 Å². The van der Waals surface area contributed by atoms with Crippen LogP contribution in [0, 0.1) is 0 Å². The number of alkyl halides is 4. The van der Waals surface area contributed by atoms with Crippen LogP contribution in [-0.2, 0) is 0 Å². The molecule has 1 aliphatic carbocycles. The van der Waals surface area contributed by atoms with E-state index in [4.69, 9.17) is 34.8 Å². The van der Waals surface area contributed by atoms with Crippen LogP contribution in [-0.4, -0.2) is 10.3 Å². The molecule has 0 radical (unpaired) electrons. The first kappa shape index (κ1) is 15.2. The maximum absolute atomic E-state index is 14.3. The van der Waals surface area contributed by atoms with Crippen LogP contribution in [0.15, 0.2) is 52.3 Å². The number of rotatable bonds is 2. The SMILES string of the molecule is C=C1CC(F)(Cl)C(Sc2ccc(Cl)cc2)=CC1(F)Cl. The van der Waals surface area contributed by atoms with Crippen molar-refractivity contribution < 1.29 is 8.78 Å². The molecule has 0 aliphatic heterocycles. The van der Waals surface area contributed by atoms with Crippen molar-refractivity contribution >= 4 is 46.6 Å². The molecule has 2 unspecified atom stereocenters. The average Bonchev–Trinajstić information content (AvgIpc) is 2.28. The molecule has 19 heavy (non-hydrogen) atoms. The number of halogens is 5. The van der Waals surface area contributed by atoms with Crippen molar-refractivity contribution in [1.82, 2.24) is 0 Å². The van der Waals surface area contributed by atoms with Gasteiger partial charge in [-0.3, -0.25) is 0 Å². The minimum Gasteiger partial charge on any atom is -0.220 e. The Balaban J connectivity index is 2.31. The zero-order valence-electron chi connectivity index (χ0n) is 9.60. The average molecular weight is 342 g/mol. The number of thioether (sulfide) groups is 1. The summed E-state index contributed by atoms with van der Waals surface area (Å²) in [5.74, 6) is 0. The highest BCUT2D eigenvalue weighted by Gasteiger charge is 2.45. The molecule has 0 spiro atoms. The van der Waals surface area contributed by atoms with Gasteiger partial charge in [0.05, 0.1) is 0 Å². The van der Waals surface area contributed by atoms with Gasteiger partial charge in [-0.1, -0.05) is 53.1 Å². The van der Waals surface area contributed by atoms with Crippen LogP contribution in [0.25, 0.3) is 0 Å². The van der Waals surface area contributed by atoms with E-state index in [2.05, 4.69) is 6.58 Å². The van der Waals surface area contributed by atoms with Gasteiger partial charge in [-0.2, -0.15) is 0 Å². The molecule has 0 aromatic heterocycles. The zero-order chi connectivity index (χ0) is 14.3. The van der Waals surface area contributed by atoms with Crippen LogP contribution < -0.4 is 0 Å². The Hall–Kier alpha value is -0.220. The van der Waals surface area contributed by atoms with Gasteiger partial charge in [0.15, 0.2) is 0 Å². The fourth-order valence-electron chi connectivity index (χ4n) is 1.58. The van der Waals surface area contributed by atoms with Gasteiger partial charge in [-0.05, 0) is 35.9 Å². The number of hydrogen-bond acceptors (Lipinski definition) is 1. The lowest BCUT2D eigenvalue weighted by molar-refractivity contribution is 0.287. The summed E-state index contributed by atoms with van der Waals surface area (Å²) in [7, 11) is 0. The van der Waals surface area contributed by atoms with Gasteiger partial charge in [-0.25, -0.2) is 8.78 Å². The first-order valence-electron chi connectivity index (χ1n) is 5.31. The van der Waals surface area contributed by atoms with Crippen molar-refractivity contribution in [3.05, 3.63) is 52.4 Å². The Bertz CT molecular complexity index is 535. The van der Waals surface area contributed by atoms with Crippen LogP contribution in [0.4, 0.5) is 8.78 Å². The lowest BCUT2D eigenvalue weighted by Crippen LogP contribution is -2.30. The van der Waals surface area contributed by atoms with Crippen molar-refractivity contribution in [3.63, 3.8) is 0 Å². The molecule has 0 nitrogen and oxygen atoms in total. The molecule has 2 atom stereocenters. The summed E-state index contributed by atoms with van der Waals surface area (Å²) in [5.41, 5.74) is -0.0906. The van der Waals surface area contributed by atoms with E-state index in [0.717, 1.165) is 17.8 Å². The Morgan fingerprint density at radius 2 is 1.74 bits per heavy atom. The molecule has 102 valence electrons. The molecule has 0 saturated carbocycles. The Morgan fingerprint density at radius 1 is 1.16 bits per heavy atom. The van der Waals surface area contributed by atoms with E-state index < -0.39 is 10.3 Å². The summed E-state index contributed by atoms with van der Waals surface area (Å²) < 4.78 is 28.2. The third kappa shape index (κ3) is 3.46. The van der Waals surface area contributed by atoms with E-state index in [9.17, 15) is 8.78 Å². The summed E-state index contributed by atoms with van der Waals surface area (Å²) in [5, 5.41) is -3.89. The molecule has 0 saturated heterocycles. The molecule has 0 N–H and O–H groups in total. The van der Waals surface area contributed by atoms with E-state index in [-0.39, 0.29) is 16.9 Å². The Morgan fingerprint density at radius 3 is 2.32 bits per heavy atom. The van der Waals surface area contributed by atoms with Crippen LogP contribution in [0.3, 0.4) is 0 Å². The molecule has 0 amide bonds. The summed E-state index contributed by atoms with van der Waals surface area (Å²) in [6, 6.07) is 6.70. The fourth-order valence-corrected chi connectivity index (χ4v) is 3.25. The first-order chi connectivity index (χ1) is 8.71. The van der Waals surface area contributed by atoms with Crippen molar-refractivity contribution in [2.24, 2.45) is 0 Å². The van der Waals surface area contributed by atoms with E-state index in [1.165, 1.54) is 0 Å². The zero-order valence-corrected chi connectivity index (χ0v) is 12.7. The molecule has 0 bridgehead atoms. The standard InChI is InChI=1S/C13H9Cl3F2S/c1-8-6-13(16,18)11(7-12(8,15)17)19-10-4-2-9(14)3-5-10/h2-5,7H,1,6H2. The minimum absolute atomic E-state index is 0.0152. The van der Waals surface area contributed by atoms with Crippen LogP contribution in [0.5, 0.6) is 0 Å². The molecule has 2 rings (SSSR count). The topological polar surface area (TPSA) is 0 Å². The molecule has 1 aromatic carbocycles. The van der Waals surface area contributed by atoms with E-state index in [1.54, 1.807) is 24.3 Å². The second kappa shape index (κ2) is 5.28. The first-order valence-corrected chi connectivity index (χ1v) is 7.26. The number of allylic oxidation sites excluding steroid dienone is 3. The lowest BCUT2D eigenvalue weighted by atomic mass is 9.98. The second-order valence-corrected chi connectivity index (χ2v) is 6.87. The van der Waals surface area contributed by atoms with Gasteiger partial charge in [0, 0.05) is 21.2 Å². The monoisotopic (exact) mass is 340 g/mol. The molecule has 6 heteroatoms. The fraction of sp³-hybridized carbons (Fsp3) is 0.231. The highest BCUT2D eigenvalue weighted by Crippen LogP contribution is 2.51. The quantitative estimate of drug-likeness (QED) is 0.463. The van der Waals surface area contributed by atoms with Crippen molar-refractivity contribution in [1.29, 1.82) is 0 Å². The second-order valence-electron chi connectivity index (χ2n) is 4.17. The maximum atomic E-state index is 14.3. The molecule has 1 aromatic rings. The normalized spacial score (nSPS) is 31.2. The Labute approximate surface area is 129 Å². The predicted octanol–water partition coefficient (Wildman–Crippen LogP) is 6.09. The van der Waals surface area contributed by atoms with Gasteiger partial charge in [0.2, 0.25) is 10.3 Å². The molecular weight excluding hydrogens is 333 g/mol. The largest absolute Gasteiger partial charge is 0.224 e. The summed E-state index contributed by atoms with van der Waals surface area (Å²) >= 11 is 18.2. The minimum atomic E-state index is -2.26. The third-order valence-electron chi connectivity index (χ3n) is 2.62. The van der Waals surface area contributed by atoms with E-state index in [0.29, 0.717) is 9.92 Å². The number of hydrogen-bond donors (Lipinski definition) is 0. The smallest absolute Gasteiger partial charge is 0.220 e. The number of benzene rings is 1. The summed E-state index contributed by atoms with van der Waals surface area (Å²) in [6.45, 7) is 3.41. The van der Waals surface area contributed by atoms with Crippen LogP contribution >= 0.6 is 46.6 Å². The van der Waals surface area contributed by atoms with E-state index in [1.807, 2.05) is 0 Å². The highest BCUT2D eigenvalue weighted by molar-refractivity contribution is 8.03. The van der Waals surface area contributed by atoms with Gasteiger partial charge in [0.1, 0.15) is 0 Å². The molecule has 0 fully saturated rings. The molecule has 0 heterocycles. The third-order valence-corrected chi connectivity index (χ3v) is 4.87. The summed E-state index contributed by atoms with van der Waals surface area (Å²) in [6.07, 6.45) is 0.605. The summed E-state index contributed by atoms with van der Waals surface area (Å²) in [4.78, 5) is 0.708. The lowest BCUT2D eigenvalue weighted by Gasteiger charge is -2.31. The van der Waals surface area contributed by atoms with Gasteiger partial charge < -0.3 is 0 Å². The van der Waals surface area contributed by atoms with Gasteiger partial charge in [0.25, 0.3) is 0 Å². The predicted molar refractivity (Wildman–Crippen MR) is 78.5 cm³/mol. The Kier molecular flexibility index (Phi) is 4.22.